The maximum absolute atomic E-state index is 6.27. The highest BCUT2D eigenvalue weighted by Gasteiger charge is 2.24. The van der Waals surface area contributed by atoms with E-state index in [1.807, 2.05) is 12.3 Å². The molecular weight excluding hydrogens is 198 g/mol. The van der Waals surface area contributed by atoms with E-state index in [0.29, 0.717) is 0 Å². The van der Waals surface area contributed by atoms with Crippen LogP contribution < -0.4 is 5.73 Å². The fourth-order valence-corrected chi connectivity index (χ4v) is 1.78. The van der Waals surface area contributed by atoms with Crippen molar-refractivity contribution >= 4 is 5.65 Å². The van der Waals surface area contributed by atoms with Crippen LogP contribution in [0.1, 0.15) is 38.1 Å². The van der Waals surface area contributed by atoms with Crippen molar-refractivity contribution < 1.29 is 0 Å². The number of pyridine rings is 1. The van der Waals surface area contributed by atoms with Crippen LogP contribution in [0.4, 0.5) is 0 Å². The average Bonchev–Trinajstić information content (AvgIpc) is 2.57. The van der Waals surface area contributed by atoms with Crippen LogP contribution in [0.25, 0.3) is 5.65 Å². The van der Waals surface area contributed by atoms with Crippen molar-refractivity contribution in [3.05, 3.63) is 35.8 Å². The van der Waals surface area contributed by atoms with Gasteiger partial charge in [0.25, 0.3) is 0 Å². The van der Waals surface area contributed by atoms with Crippen LogP contribution in [-0.4, -0.2) is 9.38 Å². The summed E-state index contributed by atoms with van der Waals surface area (Å²) in [5, 5.41) is 0. The first-order valence-corrected chi connectivity index (χ1v) is 5.59. The summed E-state index contributed by atoms with van der Waals surface area (Å²) < 4.78 is 2.09. The summed E-state index contributed by atoms with van der Waals surface area (Å²) in [6.07, 6.45) is 3.97. The van der Waals surface area contributed by atoms with Gasteiger partial charge in [-0.15, -0.1) is 0 Å². The molecule has 0 spiro atoms. The first-order valence-electron chi connectivity index (χ1n) is 5.59. The Hall–Kier alpha value is -1.35. The molecule has 0 radical (unpaired) electrons. The molecule has 1 atom stereocenters. The molecule has 0 aliphatic carbocycles. The van der Waals surface area contributed by atoms with Crippen molar-refractivity contribution in [3.63, 3.8) is 0 Å². The van der Waals surface area contributed by atoms with Crippen molar-refractivity contribution in [2.75, 3.05) is 0 Å². The third-order valence-electron chi connectivity index (χ3n) is 2.93. The highest BCUT2D eigenvalue weighted by Crippen LogP contribution is 2.30. The van der Waals surface area contributed by atoms with Gasteiger partial charge < -0.3 is 10.1 Å². The van der Waals surface area contributed by atoms with E-state index in [1.165, 1.54) is 5.56 Å². The topological polar surface area (TPSA) is 43.3 Å². The summed E-state index contributed by atoms with van der Waals surface area (Å²) in [6.45, 7) is 8.51. The maximum Gasteiger partial charge on any atom is 0.136 e. The summed E-state index contributed by atoms with van der Waals surface area (Å²) in [7, 11) is 0. The smallest absolute Gasteiger partial charge is 0.136 e. The molecule has 0 aliphatic rings. The van der Waals surface area contributed by atoms with E-state index in [-0.39, 0.29) is 11.5 Å². The van der Waals surface area contributed by atoms with Gasteiger partial charge in [0.15, 0.2) is 0 Å². The minimum atomic E-state index is -0.00991. The molecule has 1 unspecified atom stereocenters. The van der Waals surface area contributed by atoms with Crippen molar-refractivity contribution in [2.45, 2.75) is 33.7 Å². The zero-order chi connectivity index (χ0) is 11.9. The number of hydrogen-bond donors (Lipinski definition) is 1. The number of aryl methyl sites for hydroxylation is 1. The number of nitrogens with two attached hydrogens (primary N) is 1. The summed E-state index contributed by atoms with van der Waals surface area (Å²) in [6, 6.07) is 4.08. The van der Waals surface area contributed by atoms with Gasteiger partial charge in [0.1, 0.15) is 5.65 Å². The van der Waals surface area contributed by atoms with Gasteiger partial charge in [-0.2, -0.15) is 0 Å². The van der Waals surface area contributed by atoms with Gasteiger partial charge in [-0.25, -0.2) is 4.98 Å². The van der Waals surface area contributed by atoms with E-state index in [1.54, 1.807) is 0 Å². The molecule has 2 heterocycles. The van der Waals surface area contributed by atoms with Crippen LogP contribution in [0.5, 0.6) is 0 Å². The standard InChI is InChI=1S/C13H19N3/c1-9-5-6-11-15-7-10(16(11)8-9)12(14)13(2,3)4/h5-8,12H,14H2,1-4H3. The molecule has 0 saturated heterocycles. The lowest BCUT2D eigenvalue weighted by atomic mass is 9.86. The molecule has 2 N–H and O–H groups in total. The highest BCUT2D eigenvalue weighted by molar-refractivity contribution is 5.42. The highest BCUT2D eigenvalue weighted by atomic mass is 15.0. The number of hydrogen-bond acceptors (Lipinski definition) is 2. The molecule has 0 bridgehead atoms. The Labute approximate surface area is 96.3 Å². The summed E-state index contributed by atoms with van der Waals surface area (Å²) in [5.41, 5.74) is 9.56. The number of nitrogens with zero attached hydrogens (tertiary/aromatic N) is 2. The Morgan fingerprint density at radius 3 is 2.62 bits per heavy atom. The SMILES string of the molecule is Cc1ccc2ncc(C(N)C(C)(C)C)n2c1. The molecule has 0 fully saturated rings. The molecule has 3 nitrogen and oxygen atoms in total. The van der Waals surface area contributed by atoms with Gasteiger partial charge in [0, 0.05) is 6.20 Å². The van der Waals surface area contributed by atoms with Crippen molar-refractivity contribution in [3.8, 4) is 0 Å². The van der Waals surface area contributed by atoms with Gasteiger partial charge in [0.05, 0.1) is 17.9 Å². The lowest BCUT2D eigenvalue weighted by Crippen LogP contribution is -2.27. The van der Waals surface area contributed by atoms with E-state index < -0.39 is 0 Å². The summed E-state index contributed by atoms with van der Waals surface area (Å²) in [5.74, 6) is 0. The molecule has 0 saturated carbocycles. The maximum atomic E-state index is 6.27. The molecular formula is C13H19N3. The summed E-state index contributed by atoms with van der Waals surface area (Å²) >= 11 is 0. The predicted molar refractivity (Wildman–Crippen MR) is 66.3 cm³/mol. The quantitative estimate of drug-likeness (QED) is 0.798. The van der Waals surface area contributed by atoms with Crippen molar-refractivity contribution in [1.29, 1.82) is 0 Å². The van der Waals surface area contributed by atoms with Crippen LogP contribution >= 0.6 is 0 Å². The van der Waals surface area contributed by atoms with E-state index in [9.17, 15) is 0 Å². The Morgan fingerprint density at radius 2 is 2.00 bits per heavy atom. The molecule has 0 aliphatic heterocycles. The lowest BCUT2D eigenvalue weighted by Gasteiger charge is -2.26. The van der Waals surface area contributed by atoms with Crippen LogP contribution in [0, 0.1) is 12.3 Å². The van der Waals surface area contributed by atoms with E-state index in [2.05, 4.69) is 49.3 Å². The second kappa shape index (κ2) is 3.59. The molecule has 2 aromatic heterocycles. The lowest BCUT2D eigenvalue weighted by molar-refractivity contribution is 0.320. The van der Waals surface area contributed by atoms with Crippen LogP contribution in [0.3, 0.4) is 0 Å². The predicted octanol–water partition coefficient (Wildman–Crippen LogP) is 2.69. The molecule has 3 heteroatoms. The van der Waals surface area contributed by atoms with Crippen LogP contribution in [0.15, 0.2) is 24.5 Å². The average molecular weight is 217 g/mol. The number of imidazole rings is 1. The Bertz CT molecular complexity index is 505. The minimum absolute atomic E-state index is 0.00991. The Balaban J connectivity index is 2.57. The number of aromatic nitrogens is 2. The third kappa shape index (κ3) is 1.83. The summed E-state index contributed by atoms with van der Waals surface area (Å²) in [4.78, 5) is 4.38. The van der Waals surface area contributed by atoms with Gasteiger partial charge in [-0.05, 0) is 24.0 Å². The zero-order valence-corrected chi connectivity index (χ0v) is 10.4. The van der Waals surface area contributed by atoms with Crippen LogP contribution in [-0.2, 0) is 0 Å². The molecule has 2 aromatic rings. The fraction of sp³-hybridized carbons (Fsp3) is 0.462. The van der Waals surface area contributed by atoms with Gasteiger partial charge in [-0.3, -0.25) is 0 Å². The second-order valence-electron chi connectivity index (χ2n) is 5.46. The van der Waals surface area contributed by atoms with Crippen molar-refractivity contribution in [1.82, 2.24) is 9.38 Å². The molecule has 16 heavy (non-hydrogen) atoms. The Morgan fingerprint density at radius 1 is 1.31 bits per heavy atom. The van der Waals surface area contributed by atoms with E-state index in [0.717, 1.165) is 11.3 Å². The largest absolute Gasteiger partial charge is 0.322 e. The molecule has 0 aromatic carbocycles. The second-order valence-corrected chi connectivity index (χ2v) is 5.46. The van der Waals surface area contributed by atoms with Gasteiger partial charge >= 0.3 is 0 Å². The van der Waals surface area contributed by atoms with E-state index >= 15 is 0 Å². The molecule has 86 valence electrons. The van der Waals surface area contributed by atoms with Crippen LogP contribution in [0.2, 0.25) is 0 Å². The number of rotatable bonds is 1. The number of fused-ring (bicyclic) bond motifs is 1. The fourth-order valence-electron chi connectivity index (χ4n) is 1.78. The van der Waals surface area contributed by atoms with Crippen molar-refractivity contribution in [2.24, 2.45) is 11.1 Å². The normalized spacial score (nSPS) is 14.3. The molecule has 0 amide bonds. The first-order chi connectivity index (χ1) is 7.39. The third-order valence-corrected chi connectivity index (χ3v) is 2.93. The van der Waals surface area contributed by atoms with Gasteiger partial charge in [-0.1, -0.05) is 26.8 Å². The van der Waals surface area contributed by atoms with E-state index in [4.69, 9.17) is 5.73 Å². The monoisotopic (exact) mass is 217 g/mol. The zero-order valence-electron chi connectivity index (χ0n) is 10.4. The van der Waals surface area contributed by atoms with Gasteiger partial charge in [0.2, 0.25) is 0 Å². The minimum Gasteiger partial charge on any atom is -0.322 e. The molecule has 2 rings (SSSR count). The Kier molecular flexibility index (Phi) is 2.50. The first kappa shape index (κ1) is 11.1.